The SMILES string of the molecule is Cc1cccc2cc3c(=O)n(C(C)c4ccccc4)cc(C(=O)O)c3nc12. The smallest absolute Gasteiger partial charge is 0.339 e. The molecule has 2 aromatic heterocycles. The van der Waals surface area contributed by atoms with Gasteiger partial charge in [-0.2, -0.15) is 0 Å². The number of carboxylic acids is 1. The Bertz CT molecular complexity index is 1240. The third-order valence-corrected chi connectivity index (χ3v) is 4.97. The van der Waals surface area contributed by atoms with Crippen LogP contribution in [-0.4, -0.2) is 20.6 Å². The largest absolute Gasteiger partial charge is 0.478 e. The first-order valence-corrected chi connectivity index (χ1v) is 8.71. The molecule has 1 N–H and O–H groups in total. The van der Waals surface area contributed by atoms with E-state index in [0.717, 1.165) is 16.5 Å². The minimum Gasteiger partial charge on any atom is -0.478 e. The van der Waals surface area contributed by atoms with Crippen LogP contribution in [0.4, 0.5) is 0 Å². The highest BCUT2D eigenvalue weighted by molar-refractivity contribution is 6.04. The molecule has 0 aliphatic carbocycles. The van der Waals surface area contributed by atoms with Crippen molar-refractivity contribution in [3.63, 3.8) is 0 Å². The lowest BCUT2D eigenvalue weighted by atomic mass is 10.0. The van der Waals surface area contributed by atoms with Gasteiger partial charge in [0.15, 0.2) is 0 Å². The second kappa shape index (κ2) is 6.36. The standard InChI is InChI=1S/C22H18N2O3/c1-13-7-6-10-16-11-17-20(23-19(13)16)18(22(26)27)12-24(21(17)25)14(2)15-8-4-3-5-9-15/h3-12,14H,1-2H3,(H,26,27). The van der Waals surface area contributed by atoms with Crippen LogP contribution in [0, 0.1) is 6.92 Å². The zero-order valence-corrected chi connectivity index (χ0v) is 15.0. The van der Waals surface area contributed by atoms with Gasteiger partial charge in [0.25, 0.3) is 5.56 Å². The fraction of sp³-hybridized carbons (Fsp3) is 0.136. The van der Waals surface area contributed by atoms with Crippen LogP contribution in [0.3, 0.4) is 0 Å². The highest BCUT2D eigenvalue weighted by Gasteiger charge is 2.19. The summed E-state index contributed by atoms with van der Waals surface area (Å²) in [5.41, 5.74) is 2.58. The van der Waals surface area contributed by atoms with E-state index in [-0.39, 0.29) is 22.7 Å². The molecule has 1 atom stereocenters. The molecule has 4 aromatic rings. The predicted octanol–water partition coefficient (Wildman–Crippen LogP) is 4.17. The fourth-order valence-electron chi connectivity index (χ4n) is 3.45. The van der Waals surface area contributed by atoms with Crippen LogP contribution < -0.4 is 5.56 Å². The number of hydrogen-bond acceptors (Lipinski definition) is 3. The number of fused-ring (bicyclic) bond motifs is 2. The number of rotatable bonds is 3. The minimum atomic E-state index is -1.10. The molecule has 5 nitrogen and oxygen atoms in total. The maximum absolute atomic E-state index is 13.2. The zero-order chi connectivity index (χ0) is 19.1. The van der Waals surface area contributed by atoms with Crippen molar-refractivity contribution in [2.75, 3.05) is 0 Å². The molecule has 27 heavy (non-hydrogen) atoms. The Labute approximate surface area is 155 Å². The monoisotopic (exact) mass is 358 g/mol. The van der Waals surface area contributed by atoms with Crippen LogP contribution in [0.1, 0.15) is 34.5 Å². The normalized spacial score (nSPS) is 12.4. The molecule has 0 aliphatic heterocycles. The number of carboxylic acid groups (broad SMARTS) is 1. The third kappa shape index (κ3) is 2.77. The van der Waals surface area contributed by atoms with Gasteiger partial charge in [0.2, 0.25) is 0 Å². The number of pyridine rings is 2. The molecule has 0 saturated heterocycles. The average Bonchev–Trinajstić information content (AvgIpc) is 2.68. The Morgan fingerprint density at radius 2 is 1.81 bits per heavy atom. The first-order chi connectivity index (χ1) is 13.0. The molecule has 2 heterocycles. The highest BCUT2D eigenvalue weighted by Crippen LogP contribution is 2.24. The Kier molecular flexibility index (Phi) is 4.00. The number of benzene rings is 2. The molecule has 0 saturated carbocycles. The van der Waals surface area contributed by atoms with Gasteiger partial charge >= 0.3 is 5.97 Å². The highest BCUT2D eigenvalue weighted by atomic mass is 16.4. The quantitative estimate of drug-likeness (QED) is 0.558. The van der Waals surface area contributed by atoms with Gasteiger partial charge in [0, 0.05) is 11.6 Å². The van der Waals surface area contributed by atoms with Crippen molar-refractivity contribution in [2.24, 2.45) is 0 Å². The van der Waals surface area contributed by atoms with E-state index < -0.39 is 5.97 Å². The van der Waals surface area contributed by atoms with Crippen LogP contribution in [0.15, 0.2) is 65.6 Å². The molecule has 4 rings (SSSR count). The van der Waals surface area contributed by atoms with E-state index in [1.807, 2.05) is 62.4 Å². The van der Waals surface area contributed by atoms with Gasteiger partial charge in [-0.15, -0.1) is 0 Å². The maximum atomic E-state index is 13.2. The first kappa shape index (κ1) is 17.0. The van der Waals surface area contributed by atoms with Crippen molar-refractivity contribution < 1.29 is 9.90 Å². The van der Waals surface area contributed by atoms with E-state index in [4.69, 9.17) is 0 Å². The number of para-hydroxylation sites is 1. The van der Waals surface area contributed by atoms with Crippen molar-refractivity contribution in [1.29, 1.82) is 0 Å². The molecule has 0 fully saturated rings. The van der Waals surface area contributed by atoms with Gasteiger partial charge in [-0.3, -0.25) is 4.79 Å². The lowest BCUT2D eigenvalue weighted by Crippen LogP contribution is -2.26. The summed E-state index contributed by atoms with van der Waals surface area (Å²) < 4.78 is 1.48. The second-order valence-corrected chi connectivity index (χ2v) is 6.68. The van der Waals surface area contributed by atoms with Gasteiger partial charge in [0.05, 0.1) is 22.5 Å². The van der Waals surface area contributed by atoms with Gasteiger partial charge in [-0.25, -0.2) is 9.78 Å². The lowest BCUT2D eigenvalue weighted by Gasteiger charge is -2.18. The lowest BCUT2D eigenvalue weighted by molar-refractivity contribution is 0.0698. The Morgan fingerprint density at radius 3 is 2.52 bits per heavy atom. The average molecular weight is 358 g/mol. The summed E-state index contributed by atoms with van der Waals surface area (Å²) in [6.45, 7) is 3.80. The summed E-state index contributed by atoms with van der Waals surface area (Å²) in [5.74, 6) is -1.10. The maximum Gasteiger partial charge on any atom is 0.339 e. The molecule has 0 aliphatic rings. The van der Waals surface area contributed by atoms with Gasteiger partial charge in [-0.05, 0) is 31.0 Å². The summed E-state index contributed by atoms with van der Waals surface area (Å²) in [6.07, 6.45) is 1.40. The van der Waals surface area contributed by atoms with Crippen molar-refractivity contribution in [3.05, 3.63) is 87.8 Å². The molecule has 2 aromatic carbocycles. The number of hydrogen-bond donors (Lipinski definition) is 1. The van der Waals surface area contributed by atoms with E-state index in [1.54, 1.807) is 6.07 Å². The Hall–Kier alpha value is -3.47. The molecule has 0 amide bonds. The number of nitrogens with zero attached hydrogens (tertiary/aromatic N) is 2. The van der Waals surface area contributed by atoms with Crippen molar-refractivity contribution in [2.45, 2.75) is 19.9 Å². The summed E-state index contributed by atoms with van der Waals surface area (Å²) >= 11 is 0. The number of aromatic nitrogens is 2. The number of aromatic carboxylic acids is 1. The first-order valence-electron chi connectivity index (χ1n) is 8.71. The topological polar surface area (TPSA) is 72.2 Å². The summed E-state index contributed by atoms with van der Waals surface area (Å²) in [7, 11) is 0. The van der Waals surface area contributed by atoms with Gasteiger partial charge < -0.3 is 9.67 Å². The van der Waals surface area contributed by atoms with E-state index in [1.165, 1.54) is 10.8 Å². The van der Waals surface area contributed by atoms with Crippen molar-refractivity contribution >= 4 is 27.8 Å². The minimum absolute atomic E-state index is 0.0255. The van der Waals surface area contributed by atoms with Gasteiger partial charge in [0.1, 0.15) is 5.56 Å². The summed E-state index contributed by atoms with van der Waals surface area (Å²) in [4.78, 5) is 29.6. The molecule has 5 heteroatoms. The van der Waals surface area contributed by atoms with Crippen LogP contribution >= 0.6 is 0 Å². The van der Waals surface area contributed by atoms with Crippen molar-refractivity contribution in [1.82, 2.24) is 9.55 Å². The van der Waals surface area contributed by atoms with Crippen LogP contribution in [0.2, 0.25) is 0 Å². The van der Waals surface area contributed by atoms with Crippen LogP contribution in [0.25, 0.3) is 21.8 Å². The summed E-state index contributed by atoms with van der Waals surface area (Å²) in [6, 6.07) is 16.7. The van der Waals surface area contributed by atoms with E-state index in [2.05, 4.69) is 4.98 Å². The molecular formula is C22H18N2O3. The number of carbonyl (C=O) groups is 1. The molecule has 0 radical (unpaired) electrons. The molecule has 134 valence electrons. The molecular weight excluding hydrogens is 340 g/mol. The fourth-order valence-corrected chi connectivity index (χ4v) is 3.45. The number of aryl methyl sites for hydroxylation is 1. The predicted molar refractivity (Wildman–Crippen MR) is 105 cm³/mol. The third-order valence-electron chi connectivity index (χ3n) is 4.97. The molecule has 0 bridgehead atoms. The van der Waals surface area contributed by atoms with Crippen molar-refractivity contribution in [3.8, 4) is 0 Å². The van der Waals surface area contributed by atoms with Crippen LogP contribution in [0.5, 0.6) is 0 Å². The summed E-state index contributed by atoms with van der Waals surface area (Å²) in [5, 5.41) is 10.9. The molecule has 1 unspecified atom stereocenters. The second-order valence-electron chi connectivity index (χ2n) is 6.68. The molecule has 0 spiro atoms. The Morgan fingerprint density at radius 1 is 1.07 bits per heavy atom. The zero-order valence-electron chi connectivity index (χ0n) is 15.0. The van der Waals surface area contributed by atoms with Crippen LogP contribution in [-0.2, 0) is 0 Å². The van der Waals surface area contributed by atoms with E-state index in [0.29, 0.717) is 10.9 Å². The van der Waals surface area contributed by atoms with E-state index in [9.17, 15) is 14.7 Å². The van der Waals surface area contributed by atoms with Gasteiger partial charge in [-0.1, -0.05) is 48.5 Å². The van der Waals surface area contributed by atoms with E-state index >= 15 is 0 Å². The Balaban J connectivity index is 2.08.